The summed E-state index contributed by atoms with van der Waals surface area (Å²) in [7, 11) is -2.92. The Kier molecular flexibility index (Phi) is 43.4. The summed E-state index contributed by atoms with van der Waals surface area (Å²) in [6.07, 6.45) is -0.806. The van der Waals surface area contributed by atoms with Crippen LogP contribution in [0.5, 0.6) is 0 Å². The van der Waals surface area contributed by atoms with Gasteiger partial charge in [0.15, 0.2) is 0 Å². The van der Waals surface area contributed by atoms with E-state index in [4.69, 9.17) is 45.1 Å². The van der Waals surface area contributed by atoms with Crippen LogP contribution in [0.15, 0.2) is 0 Å². The molecule has 0 amide bonds. The first-order valence-corrected chi connectivity index (χ1v) is 3.38. The van der Waals surface area contributed by atoms with Crippen LogP contribution in [0.3, 0.4) is 0 Å². The van der Waals surface area contributed by atoms with Crippen LogP contribution in [-0.4, -0.2) is 51.6 Å². The maximum absolute atomic E-state index is 9.43. The van der Waals surface area contributed by atoms with Gasteiger partial charge in [-0.2, -0.15) is 0 Å². The summed E-state index contributed by atoms with van der Waals surface area (Å²) < 4.78 is 0. The quantitative estimate of drug-likeness (QED) is 0.210. The van der Waals surface area contributed by atoms with Crippen molar-refractivity contribution in [3.8, 4) is 0 Å². The minimum absolute atomic E-state index is 0. The van der Waals surface area contributed by atoms with Gasteiger partial charge in [-0.05, 0) is 0 Å². The fraction of sp³-hybridized carbons (Fsp3) is 0.200. The van der Waals surface area contributed by atoms with Crippen LogP contribution in [0, 0.1) is 0 Å². The van der Waals surface area contributed by atoms with Crippen LogP contribution in [0.4, 0.5) is 0 Å². The van der Waals surface area contributed by atoms with Gasteiger partial charge in [-0.25, -0.2) is 9.59 Å². The zero-order chi connectivity index (χ0) is 14.6. The predicted molar refractivity (Wildman–Crippen MR) is 40.9 cm³/mol. The number of carboxylic acids is 4. The van der Waals surface area contributed by atoms with Gasteiger partial charge in [-0.15, -0.1) is 0 Å². The van der Waals surface area contributed by atoms with Crippen molar-refractivity contribution in [3.05, 3.63) is 0 Å². The van der Waals surface area contributed by atoms with Crippen LogP contribution in [0.2, 0.25) is 0 Å². The summed E-state index contributed by atoms with van der Waals surface area (Å²) in [4.78, 5) is 37.1. The molecule has 0 bridgehead atoms. The predicted octanol–water partition coefficient (Wildman–Crippen LogP) is -14.2. The van der Waals surface area contributed by atoms with Crippen LogP contribution >= 0.6 is 0 Å². The number of hydrogen-bond acceptors (Lipinski definition) is 7. The minimum atomic E-state index is -2.92. The Morgan fingerprint density at radius 2 is 0.850 bits per heavy atom. The van der Waals surface area contributed by atoms with E-state index in [9.17, 15) is 9.59 Å². The Labute approximate surface area is 148 Å². The Morgan fingerprint density at radius 1 is 0.700 bits per heavy atom. The summed E-state index contributed by atoms with van der Waals surface area (Å²) in [6.45, 7) is 0. The maximum Gasteiger partial charge on any atom is 1.00 e. The van der Waals surface area contributed by atoms with Gasteiger partial charge in [-0.3, -0.25) is 16.9 Å². The summed E-state index contributed by atoms with van der Waals surface area (Å²) in [5, 5.41) is 55.4. The van der Waals surface area contributed by atoms with E-state index in [1.165, 1.54) is 0 Å². The van der Waals surface area contributed by atoms with E-state index in [0.717, 1.165) is 0 Å². The number of aliphatic carboxylic acids is 4. The van der Waals surface area contributed by atoms with Crippen LogP contribution in [0.1, 0.15) is 6.42 Å². The molecule has 98 valence electrons. The Bertz CT molecular complexity index is 256. The number of hydrogen-bond donors (Lipinski definition) is 4. The largest absolute Gasteiger partial charge is 1.00 e. The van der Waals surface area contributed by atoms with Gasteiger partial charge in [-0.1, -0.05) is 0 Å². The number of carbonyl (C=O) groups is 4. The number of rotatable bonds is 2. The molecule has 0 saturated carbocycles. The molecule has 11 nitrogen and oxygen atoms in total. The van der Waals surface area contributed by atoms with Gasteiger partial charge in [0.25, 0.3) is 0 Å². The molecule has 0 aromatic rings. The molecule has 0 heterocycles. The fourth-order valence-corrected chi connectivity index (χ4v) is 0.129. The molecular weight excluding hydrogens is 268 g/mol. The van der Waals surface area contributed by atoms with Crippen molar-refractivity contribution in [2.75, 3.05) is 0 Å². The fourth-order valence-electron chi connectivity index (χ4n) is 0.129. The van der Waals surface area contributed by atoms with E-state index in [-0.39, 0.29) is 56.6 Å². The van der Waals surface area contributed by atoms with Crippen molar-refractivity contribution < 1.29 is 111 Å². The molecule has 15 heteroatoms. The summed E-state index contributed by atoms with van der Waals surface area (Å²) in [5.41, 5.74) is 0. The molecule has 4 N–H and O–H groups in total. The smallest absolute Gasteiger partial charge is 0.907 e. The summed E-state index contributed by atoms with van der Waals surface area (Å²) in [6, 6.07) is 0. The average molecular weight is 274 g/mol. The Morgan fingerprint density at radius 3 is 0.850 bits per heavy atom. The van der Waals surface area contributed by atoms with Crippen LogP contribution in [-0.2, 0) is 19.2 Å². The van der Waals surface area contributed by atoms with Crippen molar-refractivity contribution in [2.24, 2.45) is 0 Å². The Balaban J connectivity index is -0.0000000352. The second-order valence-electron chi connectivity index (χ2n) is 1.86. The molecule has 0 radical (unpaired) electrons. The van der Waals surface area contributed by atoms with E-state index >= 15 is 0 Å². The summed E-state index contributed by atoms with van der Waals surface area (Å²) in [5.74, 6) is -6.27. The molecule has 0 aromatic carbocycles. The first-order chi connectivity index (χ1) is 7.50. The van der Waals surface area contributed by atoms with E-state index < -0.39 is 37.6 Å². The second-order valence-corrected chi connectivity index (χ2v) is 1.86. The van der Waals surface area contributed by atoms with Crippen molar-refractivity contribution in [1.82, 2.24) is 0 Å². The molecule has 0 unspecified atom stereocenters. The first-order valence-electron chi connectivity index (χ1n) is 3.38. The Hall–Kier alpha value is -0.383. The van der Waals surface area contributed by atoms with Crippen LogP contribution in [0.25, 0.3) is 0 Å². The second kappa shape index (κ2) is 23.7. The van der Waals surface area contributed by atoms with Gasteiger partial charge < -0.3 is 35.5 Å². The van der Waals surface area contributed by atoms with E-state index in [1.807, 2.05) is 0 Å². The first kappa shape index (κ1) is 36.7. The molecule has 0 aliphatic carbocycles. The summed E-state index contributed by atoms with van der Waals surface area (Å²) >= 11 is 0. The van der Waals surface area contributed by atoms with E-state index in [0.29, 0.717) is 0 Å². The van der Waals surface area contributed by atoms with Gasteiger partial charge >= 0.3 is 80.5 Å². The van der Waals surface area contributed by atoms with Crippen molar-refractivity contribution in [2.45, 2.75) is 6.42 Å². The van der Waals surface area contributed by atoms with Crippen molar-refractivity contribution in [3.63, 3.8) is 0 Å². The zero-order valence-electron chi connectivity index (χ0n) is 10.9. The molecule has 0 aromatic heterocycles. The van der Waals surface area contributed by atoms with E-state index in [1.54, 1.807) is 0 Å². The maximum atomic E-state index is 9.43. The van der Waals surface area contributed by atoms with Gasteiger partial charge in [0.1, 0.15) is 6.42 Å². The van der Waals surface area contributed by atoms with Gasteiger partial charge in [0.05, 0.1) is 0 Å². The van der Waals surface area contributed by atoms with Crippen molar-refractivity contribution >= 4 is 31.2 Å². The molecule has 0 spiro atoms. The topological polar surface area (TPSA) is 218 Å². The monoisotopic (exact) mass is 274 g/mol. The third-order valence-electron chi connectivity index (χ3n) is 0.485. The SMILES string of the molecule is O=C(O)C(=O)O.O=C(O)CC(=O)O.[Li+].[Li+].[Li+].[O-]B([O-])[O-]. The average Bonchev–Trinajstić information content (AvgIpc) is 2.00. The minimum Gasteiger partial charge on any atom is -0.907 e. The van der Waals surface area contributed by atoms with Crippen LogP contribution < -0.4 is 71.7 Å². The standard InChI is InChI=1S/C3H4O4.C2H2O4.BO3.3Li/c4-2(5)1-3(6)7;3-1(4)2(5)6;2-1(3)4;;;/h1H2,(H,4,5)(H,6,7);(H,3,4)(H,5,6);;;;/q;;-3;3*+1. The normalized spacial score (nSPS) is 6.35. The van der Waals surface area contributed by atoms with E-state index in [2.05, 4.69) is 0 Å². The molecule has 20 heavy (non-hydrogen) atoms. The molecule has 0 aliphatic heterocycles. The molecule has 0 fully saturated rings. The molecule has 0 saturated heterocycles. The van der Waals surface area contributed by atoms with Gasteiger partial charge in [0.2, 0.25) is 0 Å². The molecular formula is C5H6BLi3O11. The van der Waals surface area contributed by atoms with Crippen molar-refractivity contribution in [1.29, 1.82) is 0 Å². The molecule has 0 rings (SSSR count). The molecule has 0 atom stereocenters. The van der Waals surface area contributed by atoms with Gasteiger partial charge in [0, 0.05) is 0 Å². The third kappa shape index (κ3) is 83.8. The molecule has 0 aliphatic rings. The number of carboxylic acid groups (broad SMARTS) is 4. The zero-order valence-corrected chi connectivity index (χ0v) is 10.9. The third-order valence-corrected chi connectivity index (χ3v) is 0.485.